The van der Waals surface area contributed by atoms with E-state index >= 15 is 0 Å². The van der Waals surface area contributed by atoms with Crippen molar-refractivity contribution in [3.05, 3.63) is 48.0 Å². The topological polar surface area (TPSA) is 109 Å². The molecular weight excluding hydrogens is 411 g/mol. The number of hydrogen-bond acceptors (Lipinski definition) is 5. The van der Waals surface area contributed by atoms with Gasteiger partial charge in [0.15, 0.2) is 0 Å². The number of primary amides is 1. The van der Waals surface area contributed by atoms with Crippen molar-refractivity contribution in [3.8, 4) is 16.9 Å². The molecule has 1 aliphatic rings. The van der Waals surface area contributed by atoms with Gasteiger partial charge in [0.1, 0.15) is 17.9 Å². The second-order valence-corrected chi connectivity index (χ2v) is 8.29. The number of fused-ring (bicyclic) bond motifs is 1. The minimum atomic E-state index is -4.61. The average Bonchev–Trinajstić information content (AvgIpc) is 3.39. The van der Waals surface area contributed by atoms with Crippen LogP contribution < -0.4 is 16.2 Å². The van der Waals surface area contributed by atoms with Gasteiger partial charge >= 0.3 is 6.18 Å². The van der Waals surface area contributed by atoms with Crippen molar-refractivity contribution in [1.82, 2.24) is 14.6 Å². The number of ether oxygens (including phenoxy) is 1. The third-order valence-corrected chi connectivity index (χ3v) is 5.67. The van der Waals surface area contributed by atoms with Crippen LogP contribution in [-0.2, 0) is 10.2 Å². The van der Waals surface area contributed by atoms with E-state index in [2.05, 4.69) is 10.1 Å². The van der Waals surface area contributed by atoms with Crippen molar-refractivity contribution < 1.29 is 22.7 Å². The predicted octanol–water partition coefficient (Wildman–Crippen LogP) is 2.88. The van der Waals surface area contributed by atoms with Gasteiger partial charge < -0.3 is 16.2 Å². The maximum Gasteiger partial charge on any atom is 0.409 e. The second-order valence-electron chi connectivity index (χ2n) is 8.29. The first-order chi connectivity index (χ1) is 14.4. The third kappa shape index (κ3) is 3.71. The quantitative estimate of drug-likeness (QED) is 0.621. The molecule has 7 nitrogen and oxygen atoms in total. The van der Waals surface area contributed by atoms with Crippen molar-refractivity contribution in [2.24, 2.45) is 11.5 Å². The summed E-state index contributed by atoms with van der Waals surface area (Å²) in [6.07, 6.45) is -0.185. The molecule has 0 bridgehead atoms. The van der Waals surface area contributed by atoms with Crippen molar-refractivity contribution in [1.29, 1.82) is 0 Å². The first-order valence-electron chi connectivity index (χ1n) is 9.68. The molecule has 0 saturated heterocycles. The van der Waals surface area contributed by atoms with Gasteiger partial charge in [-0.2, -0.15) is 18.3 Å². The fourth-order valence-corrected chi connectivity index (χ4v) is 3.35. The van der Waals surface area contributed by atoms with E-state index in [4.69, 9.17) is 16.2 Å². The van der Waals surface area contributed by atoms with E-state index in [1.165, 1.54) is 6.20 Å². The van der Waals surface area contributed by atoms with Gasteiger partial charge in [0, 0.05) is 17.5 Å². The van der Waals surface area contributed by atoms with E-state index in [0.29, 0.717) is 35.4 Å². The molecule has 1 fully saturated rings. The predicted molar refractivity (Wildman–Crippen MR) is 107 cm³/mol. The highest BCUT2D eigenvalue weighted by Crippen LogP contribution is 2.47. The van der Waals surface area contributed by atoms with Crippen molar-refractivity contribution >= 4 is 11.4 Å². The molecule has 3 aromatic heterocycles. The van der Waals surface area contributed by atoms with Crippen molar-refractivity contribution in [2.75, 3.05) is 6.61 Å². The van der Waals surface area contributed by atoms with Crippen LogP contribution in [0.3, 0.4) is 0 Å². The Morgan fingerprint density at radius 2 is 2.00 bits per heavy atom. The van der Waals surface area contributed by atoms with Gasteiger partial charge in [0.2, 0.25) is 5.91 Å². The lowest BCUT2D eigenvalue weighted by molar-refractivity contribution is -0.187. The molecule has 3 heterocycles. The molecule has 1 aliphatic carbocycles. The molecule has 1 saturated carbocycles. The number of carbonyl (C=O) groups excluding carboxylic acids is 1. The van der Waals surface area contributed by atoms with Gasteiger partial charge in [-0.05, 0) is 56.5 Å². The van der Waals surface area contributed by atoms with E-state index in [-0.39, 0.29) is 5.75 Å². The normalized spacial score (nSPS) is 17.4. The van der Waals surface area contributed by atoms with E-state index in [0.717, 1.165) is 12.4 Å². The van der Waals surface area contributed by atoms with Crippen LogP contribution in [0.4, 0.5) is 13.2 Å². The summed E-state index contributed by atoms with van der Waals surface area (Å²) in [6.45, 7) is 1.89. The Bertz CT molecular complexity index is 1170. The molecule has 0 aliphatic heterocycles. The van der Waals surface area contributed by atoms with Gasteiger partial charge in [-0.1, -0.05) is 0 Å². The lowest BCUT2D eigenvalue weighted by atomic mass is 10.0. The molecule has 164 valence electrons. The maximum atomic E-state index is 13.1. The Hall–Kier alpha value is -3.14. The number of amides is 1. The van der Waals surface area contributed by atoms with Crippen LogP contribution in [0.15, 0.2) is 36.7 Å². The minimum Gasteiger partial charge on any atom is -0.489 e. The fraction of sp³-hybridized carbons (Fsp3) is 0.381. The zero-order valence-corrected chi connectivity index (χ0v) is 17.0. The number of hydrogen-bond donors (Lipinski definition) is 2. The van der Waals surface area contributed by atoms with Crippen LogP contribution in [0, 0.1) is 6.92 Å². The molecule has 1 atom stereocenters. The average molecular weight is 433 g/mol. The van der Waals surface area contributed by atoms with Gasteiger partial charge in [0.05, 0.1) is 22.8 Å². The Labute approximate surface area is 176 Å². The van der Waals surface area contributed by atoms with Crippen molar-refractivity contribution in [2.45, 2.75) is 43.8 Å². The Kier molecular flexibility index (Phi) is 4.73. The molecule has 0 spiro atoms. The highest BCUT2D eigenvalue weighted by Gasteiger charge is 2.52. The molecule has 1 unspecified atom stereocenters. The number of aromatic nitrogens is 3. The molecule has 0 radical (unpaired) electrons. The summed E-state index contributed by atoms with van der Waals surface area (Å²) in [6, 6.07) is 7.11. The number of rotatable bonds is 6. The standard InChI is InChI=1S/C21H22F3N5O2/c1-12-7-15(16(10-27-12)31-11-19(2,26)21(22,23)24)13-3-6-29-14(8-13)9-17(28-29)20(4-5-20)18(25)30/h3,6-10H,4-5,11,26H2,1-2H3,(H2,25,30). The van der Waals surface area contributed by atoms with E-state index < -0.39 is 29.6 Å². The molecule has 4 rings (SSSR count). The Balaban J connectivity index is 1.69. The number of carbonyl (C=O) groups is 1. The molecular formula is C21H22F3N5O2. The zero-order valence-electron chi connectivity index (χ0n) is 17.0. The molecule has 3 aromatic rings. The Morgan fingerprint density at radius 3 is 2.61 bits per heavy atom. The highest BCUT2D eigenvalue weighted by molar-refractivity contribution is 5.89. The third-order valence-electron chi connectivity index (χ3n) is 5.67. The summed E-state index contributed by atoms with van der Waals surface area (Å²) >= 11 is 0. The van der Waals surface area contributed by atoms with Gasteiger partial charge in [-0.25, -0.2) is 4.52 Å². The van der Waals surface area contributed by atoms with Crippen LogP contribution >= 0.6 is 0 Å². The SMILES string of the molecule is Cc1cc(-c2ccn3nc(C4(C(N)=O)CC4)cc3c2)c(OCC(C)(N)C(F)(F)F)cn1. The summed E-state index contributed by atoms with van der Waals surface area (Å²) in [7, 11) is 0. The van der Waals surface area contributed by atoms with Gasteiger partial charge in [-0.15, -0.1) is 0 Å². The monoisotopic (exact) mass is 433 g/mol. The number of nitrogens with two attached hydrogens (primary N) is 2. The Morgan fingerprint density at radius 1 is 1.29 bits per heavy atom. The van der Waals surface area contributed by atoms with Gasteiger partial charge in [-0.3, -0.25) is 9.78 Å². The lowest BCUT2D eigenvalue weighted by Crippen LogP contribution is -2.55. The molecule has 31 heavy (non-hydrogen) atoms. The van der Waals surface area contributed by atoms with E-state index in [1.54, 1.807) is 35.8 Å². The summed E-state index contributed by atoms with van der Waals surface area (Å²) < 4.78 is 46.4. The van der Waals surface area contributed by atoms with E-state index in [9.17, 15) is 18.0 Å². The molecule has 4 N–H and O–H groups in total. The summed E-state index contributed by atoms with van der Waals surface area (Å²) in [5.74, 6) is -0.211. The smallest absolute Gasteiger partial charge is 0.409 e. The summed E-state index contributed by atoms with van der Waals surface area (Å²) in [5, 5.41) is 4.47. The van der Waals surface area contributed by atoms with Crippen LogP contribution in [0.25, 0.3) is 16.6 Å². The number of halogens is 3. The summed E-state index contributed by atoms with van der Waals surface area (Å²) in [5.41, 5.74) is 11.0. The molecule has 1 amide bonds. The molecule has 0 aromatic carbocycles. The highest BCUT2D eigenvalue weighted by atomic mass is 19.4. The minimum absolute atomic E-state index is 0.186. The number of aryl methyl sites for hydroxylation is 1. The first-order valence-corrected chi connectivity index (χ1v) is 9.68. The van der Waals surface area contributed by atoms with Crippen LogP contribution in [0.5, 0.6) is 5.75 Å². The second kappa shape index (κ2) is 6.94. The number of nitrogens with zero attached hydrogens (tertiary/aromatic N) is 3. The lowest BCUT2D eigenvalue weighted by Gasteiger charge is -2.27. The summed E-state index contributed by atoms with van der Waals surface area (Å²) in [4.78, 5) is 16.0. The van der Waals surface area contributed by atoms with E-state index in [1.807, 2.05) is 6.07 Å². The van der Waals surface area contributed by atoms with Crippen LogP contribution in [0.1, 0.15) is 31.2 Å². The first kappa shape index (κ1) is 21.1. The maximum absolute atomic E-state index is 13.1. The number of alkyl halides is 3. The fourth-order valence-electron chi connectivity index (χ4n) is 3.35. The van der Waals surface area contributed by atoms with Crippen molar-refractivity contribution in [3.63, 3.8) is 0 Å². The van der Waals surface area contributed by atoms with Crippen LogP contribution in [-0.4, -0.2) is 38.8 Å². The molecule has 10 heteroatoms. The van der Waals surface area contributed by atoms with Crippen LogP contribution in [0.2, 0.25) is 0 Å². The van der Waals surface area contributed by atoms with Gasteiger partial charge in [0.25, 0.3) is 0 Å². The number of pyridine rings is 2. The largest absolute Gasteiger partial charge is 0.489 e. The zero-order chi connectivity index (χ0) is 22.6.